The normalized spacial score (nSPS) is 24.8. The maximum Gasteiger partial charge on any atom is 0.228 e. The van der Waals surface area contributed by atoms with Crippen LogP contribution in [-0.2, 0) is 35.0 Å². The molecule has 2 aliphatic heterocycles. The average molecular weight is 419 g/mol. The first-order valence-electron chi connectivity index (χ1n) is 9.83. The molecule has 0 spiro atoms. The standard InChI is InChI=1S/C21H23F2N3O2S/c1-11-4-5-14(22)17(18(11)23)21-7-13(21)19-15(25(3)20(29)26(19)10-21)6-16(27)24(2)12-8-28-9-12/h4-5,12-13H,6-10H2,1-3H3/t13-,21-/m0/s1. The van der Waals surface area contributed by atoms with Crippen LogP contribution < -0.4 is 0 Å². The number of likely N-dealkylation sites (N-methyl/N-ethyl adjacent to an activating group) is 1. The zero-order valence-electron chi connectivity index (χ0n) is 16.7. The fourth-order valence-corrected chi connectivity index (χ4v) is 5.26. The molecule has 0 unspecified atom stereocenters. The zero-order chi connectivity index (χ0) is 20.7. The number of nitrogens with zero attached hydrogens (tertiary/aromatic N) is 3. The molecule has 1 amide bonds. The molecule has 1 aromatic carbocycles. The van der Waals surface area contributed by atoms with Crippen molar-refractivity contribution >= 4 is 18.1 Å². The largest absolute Gasteiger partial charge is 0.377 e. The summed E-state index contributed by atoms with van der Waals surface area (Å²) < 4.78 is 39.2. The molecular weight excluding hydrogens is 396 g/mol. The van der Waals surface area contributed by atoms with Crippen molar-refractivity contribution in [1.82, 2.24) is 14.0 Å². The second-order valence-electron chi connectivity index (χ2n) is 8.60. The Kier molecular flexibility index (Phi) is 4.06. The highest BCUT2D eigenvalue weighted by Crippen LogP contribution is 2.67. The molecule has 0 radical (unpaired) electrons. The zero-order valence-corrected chi connectivity index (χ0v) is 17.5. The van der Waals surface area contributed by atoms with E-state index in [2.05, 4.69) is 0 Å². The van der Waals surface area contributed by atoms with E-state index >= 15 is 0 Å². The Morgan fingerprint density at radius 3 is 2.76 bits per heavy atom. The molecule has 1 saturated carbocycles. The number of amides is 1. The Morgan fingerprint density at radius 1 is 1.38 bits per heavy atom. The highest BCUT2D eigenvalue weighted by molar-refractivity contribution is 7.71. The van der Waals surface area contributed by atoms with E-state index in [1.807, 2.05) is 16.2 Å². The lowest BCUT2D eigenvalue weighted by molar-refractivity contribution is -0.141. The first-order valence-corrected chi connectivity index (χ1v) is 10.2. The number of carbonyl (C=O) groups excluding carboxylic acids is 1. The number of aryl methyl sites for hydroxylation is 1. The van der Waals surface area contributed by atoms with Crippen LogP contribution in [0.1, 0.15) is 34.9 Å². The third-order valence-electron chi connectivity index (χ3n) is 7.02. The van der Waals surface area contributed by atoms with Crippen molar-refractivity contribution in [2.45, 2.75) is 43.7 Å². The van der Waals surface area contributed by atoms with Crippen LogP contribution in [0.3, 0.4) is 0 Å². The molecule has 5 nitrogen and oxygen atoms in total. The number of carbonyl (C=O) groups is 1. The number of hydrogen-bond donors (Lipinski definition) is 0. The molecule has 1 aliphatic carbocycles. The van der Waals surface area contributed by atoms with Gasteiger partial charge in [0.1, 0.15) is 11.6 Å². The third kappa shape index (κ3) is 2.51. The molecule has 8 heteroatoms. The number of ether oxygens (including phenoxy) is 1. The number of benzene rings is 1. The number of aromatic nitrogens is 2. The summed E-state index contributed by atoms with van der Waals surface area (Å²) in [6.45, 7) is 3.24. The molecule has 29 heavy (non-hydrogen) atoms. The number of fused-ring (bicyclic) bond motifs is 3. The molecule has 3 aliphatic rings. The van der Waals surface area contributed by atoms with Crippen LogP contribution in [0.2, 0.25) is 0 Å². The minimum Gasteiger partial charge on any atom is -0.377 e. The fourth-order valence-electron chi connectivity index (χ4n) is 4.99. The van der Waals surface area contributed by atoms with Crippen LogP contribution >= 0.6 is 12.2 Å². The molecule has 2 atom stereocenters. The summed E-state index contributed by atoms with van der Waals surface area (Å²) in [7, 11) is 3.65. The first-order chi connectivity index (χ1) is 13.8. The molecule has 0 bridgehead atoms. The van der Waals surface area contributed by atoms with Crippen LogP contribution in [0.5, 0.6) is 0 Å². The van der Waals surface area contributed by atoms with Gasteiger partial charge in [-0.2, -0.15) is 0 Å². The number of imidazole rings is 1. The van der Waals surface area contributed by atoms with Gasteiger partial charge in [-0.1, -0.05) is 6.07 Å². The van der Waals surface area contributed by atoms with E-state index in [4.69, 9.17) is 17.0 Å². The average Bonchev–Trinajstić information content (AvgIpc) is 3.18. The molecule has 2 fully saturated rings. The van der Waals surface area contributed by atoms with Crippen molar-refractivity contribution in [3.05, 3.63) is 51.1 Å². The highest BCUT2D eigenvalue weighted by atomic mass is 32.1. The van der Waals surface area contributed by atoms with Gasteiger partial charge in [-0.3, -0.25) is 4.79 Å². The van der Waals surface area contributed by atoms with Crippen molar-refractivity contribution in [3.63, 3.8) is 0 Å². The molecule has 5 rings (SSSR count). The summed E-state index contributed by atoms with van der Waals surface area (Å²) in [5, 5.41) is 0. The second-order valence-corrected chi connectivity index (χ2v) is 8.96. The smallest absolute Gasteiger partial charge is 0.228 e. The van der Waals surface area contributed by atoms with Gasteiger partial charge >= 0.3 is 0 Å². The Balaban J connectivity index is 1.51. The summed E-state index contributed by atoms with van der Waals surface area (Å²) in [5.41, 5.74) is 1.84. The topological polar surface area (TPSA) is 39.4 Å². The van der Waals surface area contributed by atoms with Gasteiger partial charge in [0, 0.05) is 48.9 Å². The summed E-state index contributed by atoms with van der Waals surface area (Å²) in [6.07, 6.45) is 0.900. The van der Waals surface area contributed by atoms with Crippen molar-refractivity contribution in [2.24, 2.45) is 7.05 Å². The van der Waals surface area contributed by atoms with E-state index in [0.717, 1.165) is 11.4 Å². The minimum absolute atomic E-state index is 0.00312. The Bertz CT molecular complexity index is 1100. The van der Waals surface area contributed by atoms with E-state index in [1.54, 1.807) is 18.9 Å². The molecule has 154 valence electrons. The molecular formula is C21H23F2N3O2S. The van der Waals surface area contributed by atoms with Crippen molar-refractivity contribution in [3.8, 4) is 0 Å². The van der Waals surface area contributed by atoms with Crippen molar-refractivity contribution in [1.29, 1.82) is 0 Å². The fraction of sp³-hybridized carbons (Fsp3) is 0.524. The molecule has 1 saturated heterocycles. The number of hydrogen-bond acceptors (Lipinski definition) is 3. The van der Waals surface area contributed by atoms with Crippen LogP contribution in [0.15, 0.2) is 12.1 Å². The van der Waals surface area contributed by atoms with Gasteiger partial charge in [0.15, 0.2) is 4.77 Å². The molecule has 2 aromatic rings. The second kappa shape index (κ2) is 6.22. The van der Waals surface area contributed by atoms with Crippen LogP contribution in [-0.4, -0.2) is 46.2 Å². The predicted octanol–water partition coefficient (Wildman–Crippen LogP) is 2.98. The Labute approximate surface area is 172 Å². The maximum absolute atomic E-state index is 14.9. The van der Waals surface area contributed by atoms with Crippen molar-refractivity contribution < 1.29 is 18.3 Å². The summed E-state index contributed by atoms with van der Waals surface area (Å²) >= 11 is 5.60. The third-order valence-corrected chi connectivity index (χ3v) is 7.51. The number of rotatable bonds is 4. The van der Waals surface area contributed by atoms with Crippen LogP contribution in [0, 0.1) is 23.3 Å². The molecule has 1 aromatic heterocycles. The monoisotopic (exact) mass is 419 g/mol. The van der Waals surface area contributed by atoms with E-state index in [-0.39, 0.29) is 29.9 Å². The van der Waals surface area contributed by atoms with Gasteiger partial charge in [0.25, 0.3) is 0 Å². The van der Waals surface area contributed by atoms with Gasteiger partial charge in [-0.25, -0.2) is 8.78 Å². The van der Waals surface area contributed by atoms with Crippen LogP contribution in [0.4, 0.5) is 8.78 Å². The predicted molar refractivity (Wildman–Crippen MR) is 105 cm³/mol. The Morgan fingerprint density at radius 2 is 2.10 bits per heavy atom. The lowest BCUT2D eigenvalue weighted by Gasteiger charge is -2.34. The Hall–Kier alpha value is -2.06. The first kappa shape index (κ1) is 18.9. The van der Waals surface area contributed by atoms with Crippen LogP contribution in [0.25, 0.3) is 0 Å². The summed E-state index contributed by atoms with van der Waals surface area (Å²) in [6, 6.07) is 2.93. The molecule has 0 N–H and O–H groups in total. The summed E-state index contributed by atoms with van der Waals surface area (Å²) in [5.74, 6) is -0.977. The van der Waals surface area contributed by atoms with Gasteiger partial charge < -0.3 is 18.8 Å². The quantitative estimate of drug-likeness (QED) is 0.716. The summed E-state index contributed by atoms with van der Waals surface area (Å²) in [4.78, 5) is 14.6. The maximum atomic E-state index is 14.9. The highest BCUT2D eigenvalue weighted by Gasteiger charge is 2.64. The lowest BCUT2D eigenvalue weighted by atomic mass is 9.91. The lowest BCUT2D eigenvalue weighted by Crippen LogP contribution is -2.50. The van der Waals surface area contributed by atoms with Gasteiger partial charge in [-0.15, -0.1) is 0 Å². The van der Waals surface area contributed by atoms with E-state index in [1.165, 1.54) is 12.1 Å². The van der Waals surface area contributed by atoms with Gasteiger partial charge in [-0.05, 0) is 37.2 Å². The van der Waals surface area contributed by atoms with E-state index in [9.17, 15) is 13.6 Å². The van der Waals surface area contributed by atoms with Crippen molar-refractivity contribution in [2.75, 3.05) is 20.3 Å². The van der Waals surface area contributed by atoms with E-state index < -0.39 is 17.0 Å². The molecule has 3 heterocycles. The SMILES string of the molecule is Cc1ccc(F)c([C@]23C[C@H]2c2c(CC(=O)N(C)C4COC4)n(C)c(=S)n2C3)c1F. The van der Waals surface area contributed by atoms with Gasteiger partial charge in [0.2, 0.25) is 5.91 Å². The van der Waals surface area contributed by atoms with E-state index in [0.29, 0.717) is 36.5 Å². The van der Waals surface area contributed by atoms with Gasteiger partial charge in [0.05, 0.1) is 25.7 Å². The number of halogens is 2. The minimum atomic E-state index is -0.594.